The first-order valence-electron chi connectivity index (χ1n) is 5.01. The lowest BCUT2D eigenvalue weighted by molar-refractivity contribution is 0.468. The molecule has 0 amide bonds. The first-order valence-corrected chi connectivity index (χ1v) is 7.15. The minimum absolute atomic E-state index is 0.0169. The monoisotopic (exact) mass is 261 g/mol. The van der Waals surface area contributed by atoms with Crippen molar-refractivity contribution < 1.29 is 8.42 Å². The third-order valence-corrected chi connectivity index (χ3v) is 4.55. The van der Waals surface area contributed by atoms with Crippen LogP contribution in [0.3, 0.4) is 0 Å². The molecule has 3 nitrogen and oxygen atoms in total. The van der Waals surface area contributed by atoms with E-state index < -0.39 is 10.0 Å². The summed E-state index contributed by atoms with van der Waals surface area (Å²) in [4.78, 5) is 0. The van der Waals surface area contributed by atoms with Crippen LogP contribution in [0.15, 0.2) is 24.3 Å². The summed E-state index contributed by atoms with van der Waals surface area (Å²) < 4.78 is 24.6. The Morgan fingerprint density at radius 2 is 1.81 bits per heavy atom. The molecule has 0 spiro atoms. The number of benzene rings is 1. The van der Waals surface area contributed by atoms with E-state index in [-0.39, 0.29) is 11.6 Å². The van der Waals surface area contributed by atoms with E-state index in [4.69, 9.17) is 11.6 Å². The molecule has 0 aliphatic carbocycles. The molecule has 0 N–H and O–H groups in total. The minimum atomic E-state index is -3.22. The van der Waals surface area contributed by atoms with Gasteiger partial charge in [-0.1, -0.05) is 29.8 Å². The van der Waals surface area contributed by atoms with Gasteiger partial charge in [0.1, 0.15) is 0 Å². The zero-order valence-corrected chi connectivity index (χ0v) is 11.1. The van der Waals surface area contributed by atoms with Crippen molar-refractivity contribution in [2.75, 3.05) is 18.7 Å². The van der Waals surface area contributed by atoms with Crippen LogP contribution in [0, 0.1) is 6.92 Å². The first-order chi connectivity index (χ1) is 7.45. The summed E-state index contributed by atoms with van der Waals surface area (Å²) in [5, 5.41) is 0. The molecule has 5 heteroatoms. The second-order valence-electron chi connectivity index (χ2n) is 3.75. The van der Waals surface area contributed by atoms with Crippen LogP contribution in [0.4, 0.5) is 0 Å². The maximum Gasteiger partial charge on any atom is 0.215 e. The molecule has 1 aromatic rings. The van der Waals surface area contributed by atoms with Gasteiger partial charge in [0, 0.05) is 19.5 Å². The number of hydrogen-bond acceptors (Lipinski definition) is 2. The van der Waals surface area contributed by atoms with Crippen LogP contribution in [0.2, 0.25) is 0 Å². The lowest BCUT2D eigenvalue weighted by Gasteiger charge is -2.16. The van der Waals surface area contributed by atoms with E-state index in [9.17, 15) is 8.42 Å². The molecule has 1 rings (SSSR count). The van der Waals surface area contributed by atoms with Crippen molar-refractivity contribution in [2.24, 2.45) is 0 Å². The van der Waals surface area contributed by atoms with E-state index in [2.05, 4.69) is 0 Å². The highest BCUT2D eigenvalue weighted by Gasteiger charge is 2.16. The van der Waals surface area contributed by atoms with E-state index >= 15 is 0 Å². The van der Waals surface area contributed by atoms with Crippen molar-refractivity contribution in [3.05, 3.63) is 35.4 Å². The average molecular weight is 262 g/mol. The molecule has 0 heterocycles. The molecule has 0 atom stereocenters. The van der Waals surface area contributed by atoms with Gasteiger partial charge in [-0.25, -0.2) is 12.7 Å². The zero-order chi connectivity index (χ0) is 12.2. The summed E-state index contributed by atoms with van der Waals surface area (Å²) in [6.45, 7) is 2.39. The standard InChI is InChI=1S/C11H16ClNO2S/c1-10-3-5-11(6-4-10)9-13(2)16(14,15)8-7-12/h3-6H,7-9H2,1-2H3. The topological polar surface area (TPSA) is 37.4 Å². The van der Waals surface area contributed by atoms with Gasteiger partial charge in [0.15, 0.2) is 0 Å². The van der Waals surface area contributed by atoms with Crippen LogP contribution >= 0.6 is 11.6 Å². The van der Waals surface area contributed by atoms with E-state index in [0.717, 1.165) is 11.1 Å². The van der Waals surface area contributed by atoms with Gasteiger partial charge in [0.2, 0.25) is 10.0 Å². The van der Waals surface area contributed by atoms with Gasteiger partial charge in [0.05, 0.1) is 5.75 Å². The van der Waals surface area contributed by atoms with E-state index in [1.807, 2.05) is 31.2 Å². The highest BCUT2D eigenvalue weighted by molar-refractivity contribution is 7.89. The second kappa shape index (κ2) is 5.66. The van der Waals surface area contributed by atoms with E-state index in [1.54, 1.807) is 7.05 Å². The van der Waals surface area contributed by atoms with Gasteiger partial charge in [-0.2, -0.15) is 0 Å². The number of rotatable bonds is 5. The van der Waals surface area contributed by atoms with Crippen molar-refractivity contribution in [1.29, 1.82) is 0 Å². The molecule has 0 bridgehead atoms. The van der Waals surface area contributed by atoms with Gasteiger partial charge in [-0.05, 0) is 12.5 Å². The zero-order valence-electron chi connectivity index (χ0n) is 9.48. The minimum Gasteiger partial charge on any atom is -0.212 e. The molecule has 1 aromatic carbocycles. The van der Waals surface area contributed by atoms with Crippen molar-refractivity contribution in [2.45, 2.75) is 13.5 Å². The van der Waals surface area contributed by atoms with Crippen LogP contribution in [-0.2, 0) is 16.6 Å². The molecule has 0 saturated heterocycles. The molecule has 0 radical (unpaired) electrons. The number of sulfonamides is 1. The van der Waals surface area contributed by atoms with Crippen molar-refractivity contribution >= 4 is 21.6 Å². The Morgan fingerprint density at radius 3 is 2.31 bits per heavy atom. The summed E-state index contributed by atoms with van der Waals surface area (Å²) >= 11 is 5.45. The Bertz CT molecular complexity index is 428. The fraction of sp³-hybridized carbons (Fsp3) is 0.455. The van der Waals surface area contributed by atoms with Crippen molar-refractivity contribution in [3.8, 4) is 0 Å². The molecular weight excluding hydrogens is 246 g/mol. The fourth-order valence-corrected chi connectivity index (χ4v) is 2.74. The molecule has 16 heavy (non-hydrogen) atoms. The Hall–Kier alpha value is -0.580. The van der Waals surface area contributed by atoms with Crippen molar-refractivity contribution in [3.63, 3.8) is 0 Å². The van der Waals surface area contributed by atoms with E-state index in [1.165, 1.54) is 4.31 Å². The molecule has 0 aliphatic heterocycles. The molecule has 0 aliphatic rings. The Morgan fingerprint density at radius 1 is 1.25 bits per heavy atom. The highest BCUT2D eigenvalue weighted by Crippen LogP contribution is 2.09. The maximum absolute atomic E-state index is 11.6. The number of alkyl halides is 1. The van der Waals surface area contributed by atoms with Crippen LogP contribution in [0.5, 0.6) is 0 Å². The molecular formula is C11H16ClNO2S. The summed E-state index contributed by atoms with van der Waals surface area (Å²) in [6.07, 6.45) is 0. The Kier molecular flexibility index (Phi) is 4.77. The summed E-state index contributed by atoms with van der Waals surface area (Å²) in [7, 11) is -1.65. The molecule has 0 fully saturated rings. The number of aryl methyl sites for hydroxylation is 1. The largest absolute Gasteiger partial charge is 0.215 e. The number of halogens is 1. The van der Waals surface area contributed by atoms with Gasteiger partial charge in [-0.3, -0.25) is 0 Å². The normalized spacial score (nSPS) is 12.0. The quantitative estimate of drug-likeness (QED) is 0.761. The average Bonchev–Trinajstić information content (AvgIpc) is 2.21. The second-order valence-corrected chi connectivity index (χ2v) is 6.32. The fourth-order valence-electron chi connectivity index (χ4n) is 1.30. The maximum atomic E-state index is 11.6. The van der Waals surface area contributed by atoms with Crippen LogP contribution in [0.25, 0.3) is 0 Å². The SMILES string of the molecule is Cc1ccc(CN(C)S(=O)(=O)CCCl)cc1. The smallest absolute Gasteiger partial charge is 0.212 e. The number of hydrogen-bond donors (Lipinski definition) is 0. The predicted molar refractivity (Wildman–Crippen MR) is 67.2 cm³/mol. The summed E-state index contributed by atoms with van der Waals surface area (Å²) in [5.41, 5.74) is 2.14. The van der Waals surface area contributed by atoms with Gasteiger partial charge in [-0.15, -0.1) is 11.6 Å². The van der Waals surface area contributed by atoms with Gasteiger partial charge in [0.25, 0.3) is 0 Å². The lowest BCUT2D eigenvalue weighted by Crippen LogP contribution is -2.29. The Balaban J connectivity index is 2.71. The van der Waals surface area contributed by atoms with Crippen LogP contribution in [0.1, 0.15) is 11.1 Å². The summed E-state index contributed by atoms with van der Waals surface area (Å²) in [5.74, 6) is 0.109. The molecule has 90 valence electrons. The third-order valence-electron chi connectivity index (χ3n) is 2.34. The molecule has 0 aromatic heterocycles. The van der Waals surface area contributed by atoms with Crippen LogP contribution in [-0.4, -0.2) is 31.4 Å². The number of nitrogens with zero attached hydrogens (tertiary/aromatic N) is 1. The molecule has 0 unspecified atom stereocenters. The van der Waals surface area contributed by atoms with Crippen molar-refractivity contribution in [1.82, 2.24) is 4.31 Å². The Labute approximate surface area is 102 Å². The lowest BCUT2D eigenvalue weighted by atomic mass is 10.1. The van der Waals surface area contributed by atoms with Gasteiger partial charge >= 0.3 is 0 Å². The van der Waals surface area contributed by atoms with Crippen LogP contribution < -0.4 is 0 Å². The molecule has 0 saturated carbocycles. The highest BCUT2D eigenvalue weighted by atomic mass is 35.5. The summed E-state index contributed by atoms with van der Waals surface area (Å²) in [6, 6.07) is 7.80. The predicted octanol–water partition coefficient (Wildman–Crippen LogP) is 2.00. The first kappa shape index (κ1) is 13.5. The van der Waals surface area contributed by atoms with E-state index in [0.29, 0.717) is 6.54 Å². The van der Waals surface area contributed by atoms with Gasteiger partial charge < -0.3 is 0 Å². The third kappa shape index (κ3) is 3.77.